The third kappa shape index (κ3) is 3.32. The molecule has 1 heterocycles. The average Bonchev–Trinajstić information content (AvgIpc) is 2.19. The average molecular weight is 345 g/mol. The lowest BCUT2D eigenvalue weighted by molar-refractivity contribution is -0.139. The Morgan fingerprint density at radius 2 is 2.19 bits per heavy atom. The fourth-order valence-corrected chi connectivity index (χ4v) is 1.63. The molecule has 0 aliphatic rings. The normalized spacial score (nSPS) is 11.3. The van der Waals surface area contributed by atoms with E-state index < -0.39 is 17.7 Å². The van der Waals surface area contributed by atoms with Crippen LogP contribution in [-0.2, 0) is 22.1 Å². The van der Waals surface area contributed by atoms with E-state index in [2.05, 4.69) is 9.72 Å². The lowest BCUT2D eigenvalue weighted by Gasteiger charge is -2.08. The van der Waals surface area contributed by atoms with Crippen molar-refractivity contribution >= 4 is 28.6 Å². The van der Waals surface area contributed by atoms with Crippen molar-refractivity contribution in [2.45, 2.75) is 12.6 Å². The molecule has 1 aromatic rings. The van der Waals surface area contributed by atoms with Crippen molar-refractivity contribution in [2.75, 3.05) is 7.11 Å². The molecule has 3 nitrogen and oxygen atoms in total. The predicted molar refractivity (Wildman–Crippen MR) is 57.7 cm³/mol. The van der Waals surface area contributed by atoms with Crippen molar-refractivity contribution in [3.05, 3.63) is 27.1 Å². The Hall–Kier alpha value is -0.860. The zero-order valence-electron chi connectivity index (χ0n) is 8.14. The lowest BCUT2D eigenvalue weighted by atomic mass is 10.2. The van der Waals surface area contributed by atoms with E-state index in [1.54, 1.807) is 22.6 Å². The van der Waals surface area contributed by atoms with Gasteiger partial charge in [0, 0.05) is 9.77 Å². The quantitative estimate of drug-likeness (QED) is 0.611. The monoisotopic (exact) mass is 345 g/mol. The van der Waals surface area contributed by atoms with Crippen LogP contribution >= 0.6 is 22.6 Å². The van der Waals surface area contributed by atoms with Crippen LogP contribution in [0.3, 0.4) is 0 Å². The Morgan fingerprint density at radius 3 is 2.62 bits per heavy atom. The summed E-state index contributed by atoms with van der Waals surface area (Å²) in [6.07, 6.45) is -3.84. The van der Waals surface area contributed by atoms with Crippen molar-refractivity contribution in [1.82, 2.24) is 4.98 Å². The van der Waals surface area contributed by atoms with Gasteiger partial charge in [0.05, 0.1) is 24.8 Å². The summed E-state index contributed by atoms with van der Waals surface area (Å²) in [5, 5.41) is 0. The van der Waals surface area contributed by atoms with Gasteiger partial charge < -0.3 is 4.74 Å². The number of halogens is 4. The van der Waals surface area contributed by atoms with Crippen LogP contribution in [0.1, 0.15) is 11.3 Å². The van der Waals surface area contributed by atoms with Crippen molar-refractivity contribution < 1.29 is 22.7 Å². The van der Waals surface area contributed by atoms with Gasteiger partial charge in [0.25, 0.3) is 0 Å². The molecule has 0 spiro atoms. The molecule has 0 aromatic carbocycles. The van der Waals surface area contributed by atoms with E-state index in [0.717, 1.165) is 6.07 Å². The molecular formula is C9H7F3INO2. The van der Waals surface area contributed by atoms with E-state index in [9.17, 15) is 18.0 Å². The highest BCUT2D eigenvalue weighted by atomic mass is 127. The number of hydrogen-bond acceptors (Lipinski definition) is 3. The summed E-state index contributed by atoms with van der Waals surface area (Å²) < 4.78 is 41.6. The van der Waals surface area contributed by atoms with Crippen molar-refractivity contribution in [1.29, 1.82) is 0 Å². The van der Waals surface area contributed by atoms with Gasteiger partial charge in [-0.15, -0.1) is 0 Å². The van der Waals surface area contributed by atoms with Crippen LogP contribution in [0.2, 0.25) is 0 Å². The highest BCUT2D eigenvalue weighted by Crippen LogP contribution is 2.30. The van der Waals surface area contributed by atoms with Gasteiger partial charge in [0.15, 0.2) is 0 Å². The predicted octanol–water partition coefficient (Wildman–Crippen LogP) is 2.42. The molecule has 0 unspecified atom stereocenters. The topological polar surface area (TPSA) is 39.2 Å². The van der Waals surface area contributed by atoms with E-state index >= 15 is 0 Å². The summed E-state index contributed by atoms with van der Waals surface area (Å²) >= 11 is 1.71. The number of nitrogens with zero attached hydrogens (tertiary/aromatic N) is 1. The van der Waals surface area contributed by atoms with Crippen molar-refractivity contribution in [3.8, 4) is 0 Å². The smallest absolute Gasteiger partial charge is 0.417 e. The number of methoxy groups -OCH3 is 1. The Kier molecular flexibility index (Phi) is 4.11. The minimum atomic E-state index is -4.42. The maximum Gasteiger partial charge on any atom is 0.417 e. The van der Waals surface area contributed by atoms with E-state index in [-0.39, 0.29) is 15.7 Å². The van der Waals surface area contributed by atoms with Gasteiger partial charge in [-0.2, -0.15) is 13.2 Å². The molecule has 0 saturated carbocycles. The summed E-state index contributed by atoms with van der Waals surface area (Å²) in [5.41, 5.74) is -0.550. The van der Waals surface area contributed by atoms with Crippen LogP contribution in [0, 0.1) is 3.57 Å². The second kappa shape index (κ2) is 4.98. The van der Waals surface area contributed by atoms with Crippen LogP contribution < -0.4 is 0 Å². The minimum Gasteiger partial charge on any atom is -0.469 e. The Morgan fingerprint density at radius 1 is 1.56 bits per heavy atom. The number of carbonyl (C=O) groups is 1. The number of carbonyl (C=O) groups excluding carboxylic acids is 1. The highest BCUT2D eigenvalue weighted by Gasteiger charge is 2.31. The first kappa shape index (κ1) is 13.2. The van der Waals surface area contributed by atoms with Crippen LogP contribution in [0.4, 0.5) is 13.2 Å². The van der Waals surface area contributed by atoms with Gasteiger partial charge in [-0.05, 0) is 28.7 Å². The van der Waals surface area contributed by atoms with Gasteiger partial charge in [-0.1, -0.05) is 0 Å². The highest BCUT2D eigenvalue weighted by molar-refractivity contribution is 14.1. The number of aromatic nitrogens is 1. The number of rotatable bonds is 2. The molecule has 1 rings (SSSR count). The first-order valence-electron chi connectivity index (χ1n) is 4.13. The summed E-state index contributed by atoms with van der Waals surface area (Å²) in [5.74, 6) is -0.537. The molecule has 0 radical (unpaired) electrons. The van der Waals surface area contributed by atoms with Gasteiger partial charge in [0.2, 0.25) is 0 Å². The molecule has 0 aliphatic carbocycles. The van der Waals surface area contributed by atoms with E-state index in [0.29, 0.717) is 6.20 Å². The first-order valence-corrected chi connectivity index (χ1v) is 5.21. The fraction of sp³-hybridized carbons (Fsp3) is 0.333. The molecule has 88 valence electrons. The second-order valence-corrected chi connectivity index (χ2v) is 4.07. The Bertz CT molecular complexity index is 406. The number of hydrogen-bond donors (Lipinski definition) is 0. The summed E-state index contributed by atoms with van der Waals surface area (Å²) in [7, 11) is 1.21. The number of pyridine rings is 1. The SMILES string of the molecule is COC(=O)Cc1ncc(C(F)(F)F)cc1I. The van der Waals surface area contributed by atoms with E-state index in [1.165, 1.54) is 7.11 Å². The zero-order valence-corrected chi connectivity index (χ0v) is 10.3. The van der Waals surface area contributed by atoms with Crippen LogP contribution in [0.25, 0.3) is 0 Å². The van der Waals surface area contributed by atoms with Gasteiger partial charge in [-0.25, -0.2) is 0 Å². The molecular weight excluding hydrogens is 338 g/mol. The van der Waals surface area contributed by atoms with Gasteiger partial charge in [-0.3, -0.25) is 9.78 Å². The van der Waals surface area contributed by atoms with Crippen molar-refractivity contribution in [2.24, 2.45) is 0 Å². The number of alkyl halides is 3. The number of esters is 1. The molecule has 0 saturated heterocycles. The lowest BCUT2D eigenvalue weighted by Crippen LogP contribution is -2.11. The molecule has 0 bridgehead atoms. The van der Waals surface area contributed by atoms with E-state index in [1.807, 2.05) is 0 Å². The van der Waals surface area contributed by atoms with Crippen LogP contribution in [0.15, 0.2) is 12.3 Å². The van der Waals surface area contributed by atoms with Crippen LogP contribution in [0.5, 0.6) is 0 Å². The summed E-state index contributed by atoms with van der Waals surface area (Å²) in [6, 6.07) is 0.950. The largest absolute Gasteiger partial charge is 0.469 e. The molecule has 7 heteroatoms. The fourth-order valence-electron chi connectivity index (χ4n) is 0.960. The Balaban J connectivity index is 2.96. The third-order valence-corrected chi connectivity index (χ3v) is 2.72. The summed E-state index contributed by atoms with van der Waals surface area (Å²) in [6.45, 7) is 0. The van der Waals surface area contributed by atoms with E-state index in [4.69, 9.17) is 0 Å². The second-order valence-electron chi connectivity index (χ2n) is 2.90. The molecule has 0 aliphatic heterocycles. The maximum atomic E-state index is 12.3. The molecule has 0 N–H and O–H groups in total. The minimum absolute atomic E-state index is 0.132. The van der Waals surface area contributed by atoms with Gasteiger partial charge >= 0.3 is 12.1 Å². The van der Waals surface area contributed by atoms with Gasteiger partial charge in [0.1, 0.15) is 0 Å². The molecule has 0 fully saturated rings. The van der Waals surface area contributed by atoms with Crippen molar-refractivity contribution in [3.63, 3.8) is 0 Å². The standard InChI is InChI=1S/C9H7F3INO2/c1-16-8(15)3-7-6(13)2-5(4-14-7)9(10,11)12/h2,4H,3H2,1H3. The molecule has 1 aromatic heterocycles. The third-order valence-electron chi connectivity index (χ3n) is 1.78. The molecule has 0 amide bonds. The Labute approximate surface area is 103 Å². The molecule has 0 atom stereocenters. The zero-order chi connectivity index (χ0) is 12.3. The maximum absolute atomic E-state index is 12.3. The summed E-state index contributed by atoms with van der Waals surface area (Å²) in [4.78, 5) is 14.5. The number of ether oxygens (including phenoxy) is 1. The molecule has 16 heavy (non-hydrogen) atoms. The van der Waals surface area contributed by atoms with Crippen LogP contribution in [-0.4, -0.2) is 18.1 Å². The first-order chi connectivity index (χ1) is 7.34.